The maximum absolute atomic E-state index is 12.2. The Morgan fingerprint density at radius 2 is 1.87 bits per heavy atom. The van der Waals surface area contributed by atoms with Crippen molar-refractivity contribution in [3.8, 4) is 22.8 Å². The summed E-state index contributed by atoms with van der Waals surface area (Å²) >= 11 is 0. The summed E-state index contributed by atoms with van der Waals surface area (Å²) in [5.41, 5.74) is 3.81. The van der Waals surface area contributed by atoms with Crippen LogP contribution in [0.4, 0.5) is 5.69 Å². The van der Waals surface area contributed by atoms with Gasteiger partial charge in [-0.3, -0.25) is 9.89 Å². The molecular formula is C22H25N5O3. The Kier molecular flexibility index (Phi) is 5.15. The molecule has 0 unspecified atom stereocenters. The van der Waals surface area contributed by atoms with E-state index in [-0.39, 0.29) is 12.5 Å². The van der Waals surface area contributed by atoms with E-state index in [9.17, 15) is 4.79 Å². The number of amides is 1. The SMILES string of the molecule is O=C1COc2cc(cc(N3CCNCC3)c2)-c2n[nH]c3ccc(cc23)OCCCN1. The van der Waals surface area contributed by atoms with E-state index in [1.54, 1.807) is 0 Å². The molecule has 4 bridgehead atoms. The quantitative estimate of drug-likeness (QED) is 0.571. The number of aromatic nitrogens is 2. The van der Waals surface area contributed by atoms with E-state index in [0.29, 0.717) is 18.9 Å². The topological polar surface area (TPSA) is 91.5 Å². The second-order valence-corrected chi connectivity index (χ2v) is 7.57. The van der Waals surface area contributed by atoms with Gasteiger partial charge in [-0.25, -0.2) is 0 Å². The highest BCUT2D eigenvalue weighted by Crippen LogP contribution is 2.34. The van der Waals surface area contributed by atoms with Crippen LogP contribution in [-0.2, 0) is 4.79 Å². The maximum Gasteiger partial charge on any atom is 0.257 e. The summed E-state index contributed by atoms with van der Waals surface area (Å²) in [5.74, 6) is 1.32. The van der Waals surface area contributed by atoms with Crippen LogP contribution in [0, 0.1) is 0 Å². The van der Waals surface area contributed by atoms with E-state index in [0.717, 1.165) is 66.2 Å². The van der Waals surface area contributed by atoms with Crippen LogP contribution in [0.2, 0.25) is 0 Å². The van der Waals surface area contributed by atoms with E-state index in [1.807, 2.05) is 30.3 Å². The van der Waals surface area contributed by atoms with Crippen molar-refractivity contribution in [2.24, 2.45) is 0 Å². The predicted octanol–water partition coefficient (Wildman–Crippen LogP) is 1.92. The number of carbonyl (C=O) groups excluding carboxylic acids is 1. The number of hydrogen-bond acceptors (Lipinski definition) is 6. The van der Waals surface area contributed by atoms with Crippen LogP contribution in [0.3, 0.4) is 0 Å². The molecular weight excluding hydrogens is 382 g/mol. The number of hydrogen-bond donors (Lipinski definition) is 3. The number of carbonyl (C=O) groups is 1. The number of rotatable bonds is 1. The highest BCUT2D eigenvalue weighted by atomic mass is 16.5. The fraction of sp³-hybridized carbons (Fsp3) is 0.364. The first-order valence-corrected chi connectivity index (χ1v) is 10.4. The van der Waals surface area contributed by atoms with Gasteiger partial charge in [-0.05, 0) is 36.8 Å². The molecule has 30 heavy (non-hydrogen) atoms. The first-order chi connectivity index (χ1) is 14.8. The highest BCUT2D eigenvalue weighted by Gasteiger charge is 2.17. The van der Waals surface area contributed by atoms with E-state index in [1.165, 1.54) is 0 Å². The van der Waals surface area contributed by atoms with Crippen molar-refractivity contribution in [2.75, 3.05) is 50.8 Å². The largest absolute Gasteiger partial charge is 0.494 e. The van der Waals surface area contributed by atoms with Crippen LogP contribution in [0.5, 0.6) is 11.5 Å². The van der Waals surface area contributed by atoms with Crippen molar-refractivity contribution in [1.82, 2.24) is 20.8 Å². The number of ether oxygens (including phenoxy) is 2. The van der Waals surface area contributed by atoms with Gasteiger partial charge in [0.25, 0.3) is 5.91 Å². The molecule has 3 heterocycles. The average molecular weight is 407 g/mol. The lowest BCUT2D eigenvalue weighted by atomic mass is 10.1. The lowest BCUT2D eigenvalue weighted by molar-refractivity contribution is -0.123. The molecule has 1 saturated heterocycles. The first kappa shape index (κ1) is 18.7. The molecule has 0 saturated carbocycles. The van der Waals surface area contributed by atoms with Gasteiger partial charge in [0.2, 0.25) is 0 Å². The third-order valence-corrected chi connectivity index (χ3v) is 5.46. The molecule has 1 amide bonds. The maximum atomic E-state index is 12.2. The zero-order valence-corrected chi connectivity index (χ0v) is 16.7. The number of H-pyrrole nitrogens is 1. The van der Waals surface area contributed by atoms with Crippen LogP contribution >= 0.6 is 0 Å². The Morgan fingerprint density at radius 1 is 0.967 bits per heavy atom. The van der Waals surface area contributed by atoms with Crippen molar-refractivity contribution in [3.63, 3.8) is 0 Å². The third-order valence-electron chi connectivity index (χ3n) is 5.46. The monoisotopic (exact) mass is 407 g/mol. The fourth-order valence-corrected chi connectivity index (χ4v) is 3.90. The number of nitrogens with one attached hydrogen (secondary N) is 3. The molecule has 1 aromatic heterocycles. The fourth-order valence-electron chi connectivity index (χ4n) is 3.90. The van der Waals surface area contributed by atoms with E-state index < -0.39 is 0 Å². The van der Waals surface area contributed by atoms with E-state index in [2.05, 4.69) is 31.8 Å². The number of aromatic amines is 1. The number of benzene rings is 2. The lowest BCUT2D eigenvalue weighted by Gasteiger charge is -2.30. The number of piperazine rings is 1. The molecule has 0 atom stereocenters. The minimum Gasteiger partial charge on any atom is -0.494 e. The Balaban J connectivity index is 1.60. The van der Waals surface area contributed by atoms with Gasteiger partial charge in [0, 0.05) is 55.4 Å². The summed E-state index contributed by atoms with van der Waals surface area (Å²) in [7, 11) is 0. The standard InChI is InChI=1S/C22H25N5O3/c28-21-14-30-18-11-15(10-16(12-18)27-7-5-23-6-8-27)22-19-13-17(29-9-1-4-24-21)2-3-20(19)25-26-22/h2-3,10-13,23H,1,4-9,14H2,(H,24,28)(H,25,26). The normalized spacial score (nSPS) is 17.6. The molecule has 8 heteroatoms. The van der Waals surface area contributed by atoms with Crippen LogP contribution in [0.15, 0.2) is 36.4 Å². The summed E-state index contributed by atoms with van der Waals surface area (Å²) in [4.78, 5) is 14.5. The Labute approximate surface area is 174 Å². The Hall–Kier alpha value is -3.26. The van der Waals surface area contributed by atoms with Crippen molar-refractivity contribution >= 4 is 22.5 Å². The van der Waals surface area contributed by atoms with Gasteiger partial charge in [-0.2, -0.15) is 5.10 Å². The molecule has 8 nitrogen and oxygen atoms in total. The molecule has 0 radical (unpaired) electrons. The Bertz CT molecular complexity index is 1060. The minimum atomic E-state index is -0.137. The van der Waals surface area contributed by atoms with E-state index in [4.69, 9.17) is 9.47 Å². The van der Waals surface area contributed by atoms with Gasteiger partial charge in [0.05, 0.1) is 12.1 Å². The van der Waals surface area contributed by atoms with Gasteiger partial charge in [-0.15, -0.1) is 0 Å². The summed E-state index contributed by atoms with van der Waals surface area (Å²) in [6.07, 6.45) is 0.725. The van der Waals surface area contributed by atoms with Crippen molar-refractivity contribution in [3.05, 3.63) is 36.4 Å². The zero-order chi connectivity index (χ0) is 20.3. The van der Waals surface area contributed by atoms with Crippen LogP contribution < -0.4 is 25.0 Å². The van der Waals surface area contributed by atoms with Gasteiger partial charge in [0.15, 0.2) is 6.61 Å². The third kappa shape index (κ3) is 3.91. The summed E-state index contributed by atoms with van der Waals surface area (Å²) in [5, 5.41) is 14.9. The van der Waals surface area contributed by atoms with Crippen molar-refractivity contribution in [2.45, 2.75) is 6.42 Å². The van der Waals surface area contributed by atoms with Crippen molar-refractivity contribution in [1.29, 1.82) is 0 Å². The van der Waals surface area contributed by atoms with Gasteiger partial charge >= 0.3 is 0 Å². The lowest BCUT2D eigenvalue weighted by Crippen LogP contribution is -2.43. The first-order valence-electron chi connectivity index (χ1n) is 10.4. The molecule has 0 aliphatic carbocycles. The molecule has 1 fully saturated rings. The second-order valence-electron chi connectivity index (χ2n) is 7.57. The molecule has 3 aromatic rings. The summed E-state index contributed by atoms with van der Waals surface area (Å²) < 4.78 is 11.8. The second kappa shape index (κ2) is 8.23. The molecule has 0 spiro atoms. The highest BCUT2D eigenvalue weighted by molar-refractivity contribution is 5.94. The molecule has 156 valence electrons. The van der Waals surface area contributed by atoms with E-state index >= 15 is 0 Å². The molecule has 2 aliphatic rings. The van der Waals surface area contributed by atoms with Crippen LogP contribution in [0.1, 0.15) is 6.42 Å². The zero-order valence-electron chi connectivity index (χ0n) is 16.7. The smallest absolute Gasteiger partial charge is 0.257 e. The average Bonchev–Trinajstić information content (AvgIpc) is 3.21. The summed E-state index contributed by atoms with van der Waals surface area (Å²) in [6.45, 7) is 4.78. The Morgan fingerprint density at radius 3 is 2.77 bits per heavy atom. The van der Waals surface area contributed by atoms with Gasteiger partial charge in [0.1, 0.15) is 17.2 Å². The van der Waals surface area contributed by atoms with Gasteiger partial charge < -0.3 is 25.0 Å². The number of nitrogens with zero attached hydrogens (tertiary/aromatic N) is 2. The van der Waals surface area contributed by atoms with Crippen molar-refractivity contribution < 1.29 is 14.3 Å². The molecule has 3 N–H and O–H groups in total. The predicted molar refractivity (Wildman–Crippen MR) is 115 cm³/mol. The minimum absolute atomic E-state index is 0.0188. The van der Waals surface area contributed by atoms with Crippen LogP contribution in [-0.4, -0.2) is 62.0 Å². The van der Waals surface area contributed by atoms with Crippen LogP contribution in [0.25, 0.3) is 22.2 Å². The molecule has 5 rings (SSSR count). The molecule has 2 aliphatic heterocycles. The van der Waals surface area contributed by atoms with Gasteiger partial charge in [-0.1, -0.05) is 0 Å². The number of anilines is 1. The summed E-state index contributed by atoms with van der Waals surface area (Å²) in [6, 6.07) is 12.0. The molecule has 2 aromatic carbocycles. The number of fused-ring (bicyclic) bond motifs is 4.